The van der Waals surface area contributed by atoms with Gasteiger partial charge in [-0.25, -0.2) is 8.42 Å². The van der Waals surface area contributed by atoms with Crippen LogP contribution in [0.15, 0.2) is 58.6 Å². The van der Waals surface area contributed by atoms with Crippen molar-refractivity contribution in [1.29, 1.82) is 0 Å². The van der Waals surface area contributed by atoms with Crippen LogP contribution in [-0.2, 0) is 19.7 Å². The van der Waals surface area contributed by atoms with Gasteiger partial charge < -0.3 is 14.9 Å². The number of ether oxygens (including phenoxy) is 1. The number of benzene rings is 2. The molecule has 1 heterocycles. The minimum Gasteiger partial charge on any atom is -0.435 e. The fraction of sp³-hybridized carbons (Fsp3) is 0.300. The van der Waals surface area contributed by atoms with E-state index in [-0.39, 0.29) is 17.3 Å². The molecule has 1 amide bonds. The molecule has 0 saturated carbocycles. The molecule has 11 heteroatoms. The van der Waals surface area contributed by atoms with Crippen LogP contribution in [0.3, 0.4) is 0 Å². The van der Waals surface area contributed by atoms with Crippen LogP contribution in [0.5, 0.6) is 5.75 Å². The Morgan fingerprint density at radius 1 is 1.10 bits per heavy atom. The Hall–Kier alpha value is -3.05. The Kier molecular flexibility index (Phi) is 7.53. The summed E-state index contributed by atoms with van der Waals surface area (Å²) >= 11 is 0. The lowest BCUT2D eigenvalue weighted by Gasteiger charge is -2.15. The molecule has 1 saturated heterocycles. The number of nitrogens with zero attached hydrogens (tertiary/aromatic N) is 2. The number of sulfonamides is 1. The summed E-state index contributed by atoms with van der Waals surface area (Å²) in [6.45, 7) is -2.22. The number of anilines is 1. The van der Waals surface area contributed by atoms with Crippen molar-refractivity contribution in [2.75, 3.05) is 25.0 Å². The number of carbonyl (C=O) groups excluding carboxylic acids is 1. The number of hydrogen-bond acceptors (Lipinski definition) is 6. The van der Waals surface area contributed by atoms with Crippen LogP contribution < -0.4 is 10.1 Å². The van der Waals surface area contributed by atoms with E-state index < -0.39 is 22.5 Å². The highest BCUT2D eigenvalue weighted by Crippen LogP contribution is 2.22. The van der Waals surface area contributed by atoms with Gasteiger partial charge in [0, 0.05) is 18.8 Å². The van der Waals surface area contributed by atoms with Crippen LogP contribution in [0, 0.1) is 0 Å². The van der Waals surface area contributed by atoms with E-state index in [1.807, 2.05) is 0 Å². The van der Waals surface area contributed by atoms with Gasteiger partial charge in [-0.3, -0.25) is 4.79 Å². The zero-order valence-electron chi connectivity index (χ0n) is 16.4. The lowest BCUT2D eigenvalue weighted by atomic mass is 10.2. The largest absolute Gasteiger partial charge is 0.435 e. The summed E-state index contributed by atoms with van der Waals surface area (Å²) < 4.78 is 54.9. The number of rotatable bonds is 9. The van der Waals surface area contributed by atoms with Crippen molar-refractivity contribution in [3.63, 3.8) is 0 Å². The zero-order valence-corrected chi connectivity index (χ0v) is 17.2. The third kappa shape index (κ3) is 6.46. The van der Waals surface area contributed by atoms with Crippen LogP contribution in [0.2, 0.25) is 0 Å². The van der Waals surface area contributed by atoms with Crippen molar-refractivity contribution in [2.45, 2.75) is 24.3 Å². The average molecular weight is 453 g/mol. The Morgan fingerprint density at radius 2 is 1.74 bits per heavy atom. The summed E-state index contributed by atoms with van der Waals surface area (Å²) in [7, 11) is -3.50. The summed E-state index contributed by atoms with van der Waals surface area (Å²) in [6.07, 6.45) is 3.03. The zero-order chi connectivity index (χ0) is 22.3. The second kappa shape index (κ2) is 10.3. The molecule has 2 aromatic rings. The first kappa shape index (κ1) is 22.6. The lowest BCUT2D eigenvalue weighted by molar-refractivity contribution is -0.120. The molecule has 0 bridgehead atoms. The van der Waals surface area contributed by atoms with Crippen LogP contribution >= 0.6 is 0 Å². The molecule has 0 spiro atoms. The summed E-state index contributed by atoms with van der Waals surface area (Å²) in [6, 6.07) is 11.6. The molecule has 1 fully saturated rings. The first-order valence-electron chi connectivity index (χ1n) is 9.45. The van der Waals surface area contributed by atoms with Crippen LogP contribution in [0.4, 0.5) is 14.5 Å². The third-order valence-electron chi connectivity index (χ3n) is 4.42. The summed E-state index contributed by atoms with van der Waals surface area (Å²) in [5.74, 6) is -0.459. The normalized spacial score (nSPS) is 14.8. The molecule has 0 aliphatic carbocycles. The highest BCUT2D eigenvalue weighted by atomic mass is 32.2. The van der Waals surface area contributed by atoms with Gasteiger partial charge in [-0.15, -0.1) is 0 Å². The van der Waals surface area contributed by atoms with Gasteiger partial charge in [-0.1, -0.05) is 5.16 Å². The van der Waals surface area contributed by atoms with E-state index >= 15 is 0 Å². The topological polar surface area (TPSA) is 97.3 Å². The number of hydrogen-bond donors (Lipinski definition) is 1. The van der Waals surface area contributed by atoms with Crippen molar-refractivity contribution >= 4 is 27.8 Å². The highest BCUT2D eigenvalue weighted by molar-refractivity contribution is 7.89. The maximum atomic E-state index is 12.5. The Bertz CT molecular complexity index is 1010. The molecule has 0 unspecified atom stereocenters. The SMILES string of the molecule is O=C(CO/N=C/c1ccc(OC(F)F)cc1)Nc1ccc(S(=O)(=O)N2CCCC2)cc1. The minimum absolute atomic E-state index is 0.0201. The maximum Gasteiger partial charge on any atom is 0.387 e. The molecule has 2 aromatic carbocycles. The highest BCUT2D eigenvalue weighted by Gasteiger charge is 2.26. The van der Waals surface area contributed by atoms with Crippen molar-refractivity contribution in [3.8, 4) is 5.75 Å². The standard InChI is InChI=1S/C20H21F2N3O5S/c21-20(22)30-17-7-3-15(4-8-17)13-23-29-14-19(26)24-16-5-9-18(10-6-16)31(27,28)25-11-1-2-12-25/h3-10,13,20H,1-2,11-12,14H2,(H,24,26)/b23-13+. The molecule has 8 nitrogen and oxygen atoms in total. The molecular weight excluding hydrogens is 432 g/mol. The second-order valence-electron chi connectivity index (χ2n) is 6.64. The number of carbonyl (C=O) groups is 1. The number of nitrogens with one attached hydrogen (secondary N) is 1. The molecule has 1 N–H and O–H groups in total. The van der Waals surface area contributed by atoms with Crippen molar-refractivity contribution in [1.82, 2.24) is 4.31 Å². The predicted octanol–water partition coefficient (Wildman–Crippen LogP) is 3.06. The van der Waals surface area contributed by atoms with Crippen molar-refractivity contribution in [3.05, 3.63) is 54.1 Å². The fourth-order valence-electron chi connectivity index (χ4n) is 2.91. The number of oxime groups is 1. The van der Waals surface area contributed by atoms with Crippen LogP contribution in [-0.4, -0.2) is 51.2 Å². The first-order chi connectivity index (χ1) is 14.8. The van der Waals surface area contributed by atoms with Crippen molar-refractivity contribution in [2.24, 2.45) is 5.16 Å². The van der Waals surface area contributed by atoms with Crippen LogP contribution in [0.25, 0.3) is 0 Å². The first-order valence-corrected chi connectivity index (χ1v) is 10.9. The smallest absolute Gasteiger partial charge is 0.387 e. The van der Waals surface area contributed by atoms with Gasteiger partial charge in [0.2, 0.25) is 10.0 Å². The molecule has 166 valence electrons. The maximum absolute atomic E-state index is 12.5. The Labute approximate surface area is 178 Å². The Morgan fingerprint density at radius 3 is 2.35 bits per heavy atom. The molecule has 1 aliphatic rings. The van der Waals surface area contributed by atoms with Gasteiger partial charge >= 0.3 is 6.61 Å². The van der Waals surface area contributed by atoms with Gasteiger partial charge in [0.05, 0.1) is 11.1 Å². The summed E-state index contributed by atoms with van der Waals surface area (Å²) in [4.78, 5) is 17.0. The molecular formula is C20H21F2N3O5S. The van der Waals surface area contributed by atoms with E-state index in [2.05, 4.69) is 15.2 Å². The van der Waals surface area contributed by atoms with E-state index in [9.17, 15) is 22.0 Å². The van der Waals surface area contributed by atoms with Crippen molar-refractivity contribution < 1.29 is 31.6 Å². The summed E-state index contributed by atoms with van der Waals surface area (Å²) in [5.41, 5.74) is 0.990. The average Bonchev–Trinajstić information content (AvgIpc) is 3.28. The lowest BCUT2D eigenvalue weighted by Crippen LogP contribution is -2.27. The summed E-state index contributed by atoms with van der Waals surface area (Å²) in [5, 5.41) is 6.23. The van der Waals surface area contributed by atoms with Crippen LogP contribution in [0.1, 0.15) is 18.4 Å². The molecule has 0 radical (unpaired) electrons. The van der Waals surface area contributed by atoms with E-state index in [1.54, 1.807) is 0 Å². The molecule has 0 atom stereocenters. The van der Waals surface area contributed by atoms with E-state index in [1.165, 1.54) is 59.1 Å². The number of alkyl halides is 2. The van der Waals surface area contributed by atoms with E-state index in [4.69, 9.17) is 4.84 Å². The molecule has 1 aliphatic heterocycles. The van der Waals surface area contributed by atoms with E-state index in [0.717, 1.165) is 12.8 Å². The van der Waals surface area contributed by atoms with Gasteiger partial charge in [0.1, 0.15) is 5.75 Å². The Balaban J connectivity index is 1.46. The predicted molar refractivity (Wildman–Crippen MR) is 110 cm³/mol. The van der Waals surface area contributed by atoms with E-state index in [0.29, 0.717) is 24.3 Å². The third-order valence-corrected chi connectivity index (χ3v) is 6.33. The molecule has 3 rings (SSSR count). The minimum atomic E-state index is -3.50. The number of halogens is 2. The molecule has 0 aromatic heterocycles. The van der Waals surface area contributed by atoms with Gasteiger partial charge in [-0.2, -0.15) is 13.1 Å². The van der Waals surface area contributed by atoms with Gasteiger partial charge in [0.15, 0.2) is 6.61 Å². The quantitative estimate of drug-likeness (QED) is 0.465. The number of amides is 1. The van der Waals surface area contributed by atoms with Gasteiger partial charge in [0.25, 0.3) is 5.91 Å². The fourth-order valence-corrected chi connectivity index (χ4v) is 4.43. The second-order valence-corrected chi connectivity index (χ2v) is 8.58. The molecule has 31 heavy (non-hydrogen) atoms. The monoisotopic (exact) mass is 453 g/mol. The van der Waals surface area contributed by atoms with Gasteiger partial charge in [-0.05, 0) is 66.9 Å².